The van der Waals surface area contributed by atoms with E-state index < -0.39 is 12.4 Å². The molecule has 0 amide bonds. The number of halogens is 2. The summed E-state index contributed by atoms with van der Waals surface area (Å²) in [4.78, 5) is 11.2. The highest BCUT2D eigenvalue weighted by Crippen LogP contribution is 2.33. The normalized spacial score (nSPS) is 21.6. The first-order valence-electron chi connectivity index (χ1n) is 8.56. The van der Waals surface area contributed by atoms with Gasteiger partial charge in [0.2, 0.25) is 5.89 Å². The van der Waals surface area contributed by atoms with Crippen molar-refractivity contribution in [3.63, 3.8) is 0 Å². The fourth-order valence-electron chi connectivity index (χ4n) is 3.46. The highest BCUT2D eigenvalue weighted by atomic mass is 19.3. The number of hydrogen-bond acceptors (Lipinski definition) is 6. The predicted octanol–water partition coefficient (Wildman–Crippen LogP) is 2.68. The number of piperidine rings is 1. The van der Waals surface area contributed by atoms with Crippen molar-refractivity contribution in [1.82, 2.24) is 15.5 Å². The van der Waals surface area contributed by atoms with Gasteiger partial charge < -0.3 is 19.8 Å². The maximum atomic E-state index is 12.7. The van der Waals surface area contributed by atoms with Gasteiger partial charge in [-0.2, -0.15) is 8.78 Å². The van der Waals surface area contributed by atoms with Crippen molar-refractivity contribution >= 4 is 5.69 Å². The highest BCUT2D eigenvalue weighted by Gasteiger charge is 2.27. The van der Waals surface area contributed by atoms with Crippen LogP contribution in [0.4, 0.5) is 14.5 Å². The second-order valence-corrected chi connectivity index (χ2v) is 6.57. The summed E-state index contributed by atoms with van der Waals surface area (Å²) in [6, 6.07) is 4.57. The molecular formula is C17H22F2N4O3. The quantitative estimate of drug-likeness (QED) is 0.726. The molecule has 2 aromatic rings. The number of aromatic amines is 1. The number of nitrogens with zero attached hydrogens (tertiary/aromatic N) is 1. The fraction of sp³-hybridized carbons (Fsp3) is 0.529. The van der Waals surface area contributed by atoms with Crippen LogP contribution in [0.15, 0.2) is 27.4 Å². The van der Waals surface area contributed by atoms with E-state index in [2.05, 4.69) is 32.5 Å². The average Bonchev–Trinajstić information content (AvgIpc) is 3.03. The Morgan fingerprint density at radius 3 is 2.88 bits per heavy atom. The number of nitrogens with one attached hydrogen (secondary N) is 3. The molecule has 0 saturated carbocycles. The average molecular weight is 368 g/mol. The topological polar surface area (TPSA) is 92.2 Å². The van der Waals surface area contributed by atoms with Gasteiger partial charge in [0.1, 0.15) is 5.75 Å². The van der Waals surface area contributed by atoms with E-state index in [4.69, 9.17) is 4.42 Å². The summed E-state index contributed by atoms with van der Waals surface area (Å²) in [7, 11) is 0. The second-order valence-electron chi connectivity index (χ2n) is 6.57. The van der Waals surface area contributed by atoms with Crippen molar-refractivity contribution in [3.8, 4) is 17.2 Å². The lowest BCUT2D eigenvalue weighted by Crippen LogP contribution is -2.42. The van der Waals surface area contributed by atoms with E-state index in [1.807, 2.05) is 6.92 Å². The third kappa shape index (κ3) is 4.21. The number of alkyl halides is 2. The van der Waals surface area contributed by atoms with Gasteiger partial charge in [0.15, 0.2) is 0 Å². The molecule has 3 N–H and O–H groups in total. The number of benzene rings is 1. The molecule has 3 rings (SSSR count). The number of hydrogen-bond donors (Lipinski definition) is 3. The van der Waals surface area contributed by atoms with Crippen LogP contribution in [0, 0.1) is 11.8 Å². The molecule has 0 aliphatic carbocycles. The molecule has 142 valence electrons. The first-order chi connectivity index (χ1) is 12.4. The molecular weight excluding hydrogens is 346 g/mol. The summed E-state index contributed by atoms with van der Waals surface area (Å²) < 4.78 is 35.1. The van der Waals surface area contributed by atoms with Gasteiger partial charge in [0.25, 0.3) is 0 Å². The van der Waals surface area contributed by atoms with Gasteiger partial charge in [-0.3, -0.25) is 0 Å². The first kappa shape index (κ1) is 18.4. The van der Waals surface area contributed by atoms with E-state index in [-0.39, 0.29) is 17.7 Å². The third-order valence-corrected chi connectivity index (χ3v) is 4.76. The van der Waals surface area contributed by atoms with Crippen LogP contribution in [-0.4, -0.2) is 35.9 Å². The molecule has 0 bridgehead atoms. The minimum atomic E-state index is -2.93. The summed E-state index contributed by atoms with van der Waals surface area (Å²) in [5, 5.41) is 12.6. The third-order valence-electron chi connectivity index (χ3n) is 4.76. The lowest BCUT2D eigenvalue weighted by atomic mass is 9.82. The number of anilines is 1. The van der Waals surface area contributed by atoms with Crippen LogP contribution in [0.2, 0.25) is 0 Å². The lowest BCUT2D eigenvalue weighted by molar-refractivity contribution is -0.0494. The van der Waals surface area contributed by atoms with Crippen molar-refractivity contribution in [2.75, 3.05) is 18.4 Å². The molecule has 1 saturated heterocycles. The summed E-state index contributed by atoms with van der Waals surface area (Å²) in [6.45, 7) is 3.12. The van der Waals surface area contributed by atoms with Crippen LogP contribution in [0.5, 0.6) is 5.75 Å². The van der Waals surface area contributed by atoms with Gasteiger partial charge in [-0.15, -0.1) is 5.10 Å². The molecule has 1 aromatic heterocycles. The molecule has 2 heterocycles. The maximum Gasteiger partial charge on any atom is 0.434 e. The Hall–Kier alpha value is -2.42. The Kier molecular flexibility index (Phi) is 5.55. The zero-order chi connectivity index (χ0) is 18.7. The standard InChI is InChI=1S/C17H22F2N4O3/c1-9-8-20-6-5-12(9)10(2)21-13-7-11(15-22-23-17(24)26-15)3-4-14(13)25-16(18)19/h3-4,7,9-10,12,16,20-21H,5-6,8H2,1-2H3,(H,23,24)/t9-,10?,12+/m1/s1. The predicted molar refractivity (Wildman–Crippen MR) is 92.4 cm³/mol. The van der Waals surface area contributed by atoms with E-state index in [9.17, 15) is 13.6 Å². The second kappa shape index (κ2) is 7.86. The van der Waals surface area contributed by atoms with Crippen LogP contribution in [-0.2, 0) is 0 Å². The number of H-pyrrole nitrogens is 1. The smallest absolute Gasteiger partial charge is 0.433 e. The van der Waals surface area contributed by atoms with Gasteiger partial charge in [0.05, 0.1) is 5.69 Å². The molecule has 1 unspecified atom stereocenters. The molecule has 0 radical (unpaired) electrons. The van der Waals surface area contributed by atoms with Crippen molar-refractivity contribution in [2.45, 2.75) is 32.9 Å². The number of rotatable bonds is 6. The van der Waals surface area contributed by atoms with Crippen LogP contribution in [0.3, 0.4) is 0 Å². The minimum Gasteiger partial charge on any atom is -0.433 e. The summed E-state index contributed by atoms with van der Waals surface area (Å²) in [5.41, 5.74) is 0.893. The molecule has 3 atom stereocenters. The van der Waals surface area contributed by atoms with Gasteiger partial charge in [0, 0.05) is 11.6 Å². The minimum absolute atomic E-state index is 0.0371. The Balaban J connectivity index is 1.87. The van der Waals surface area contributed by atoms with E-state index in [0.717, 1.165) is 19.5 Å². The van der Waals surface area contributed by atoms with E-state index in [1.165, 1.54) is 12.1 Å². The van der Waals surface area contributed by atoms with Gasteiger partial charge in [-0.05, 0) is 56.5 Å². The highest BCUT2D eigenvalue weighted by molar-refractivity contribution is 5.67. The summed E-state index contributed by atoms with van der Waals surface area (Å²) in [6.07, 6.45) is 0.994. The summed E-state index contributed by atoms with van der Waals surface area (Å²) >= 11 is 0. The maximum absolute atomic E-state index is 12.7. The van der Waals surface area contributed by atoms with Crippen LogP contribution in [0.1, 0.15) is 20.3 Å². The Morgan fingerprint density at radius 2 is 2.23 bits per heavy atom. The zero-order valence-corrected chi connectivity index (χ0v) is 14.6. The molecule has 26 heavy (non-hydrogen) atoms. The first-order valence-corrected chi connectivity index (χ1v) is 8.56. The fourth-order valence-corrected chi connectivity index (χ4v) is 3.46. The number of aromatic nitrogens is 2. The van der Waals surface area contributed by atoms with E-state index >= 15 is 0 Å². The van der Waals surface area contributed by atoms with Crippen LogP contribution < -0.4 is 21.1 Å². The Morgan fingerprint density at radius 1 is 1.42 bits per heavy atom. The SMILES string of the molecule is CC(Nc1cc(-c2n[nH]c(=O)o2)ccc1OC(F)F)[C@H]1CCNC[C@H]1C. The number of ether oxygens (including phenoxy) is 1. The van der Waals surface area contributed by atoms with Crippen molar-refractivity contribution in [1.29, 1.82) is 0 Å². The molecule has 7 nitrogen and oxygen atoms in total. The van der Waals surface area contributed by atoms with E-state index in [0.29, 0.717) is 23.1 Å². The molecule has 1 aromatic carbocycles. The van der Waals surface area contributed by atoms with Gasteiger partial charge in [-0.1, -0.05) is 6.92 Å². The van der Waals surface area contributed by atoms with Crippen molar-refractivity contribution < 1.29 is 17.9 Å². The summed E-state index contributed by atoms with van der Waals surface area (Å²) in [5.74, 6) is 0.291. The van der Waals surface area contributed by atoms with Crippen LogP contribution in [0.25, 0.3) is 11.5 Å². The van der Waals surface area contributed by atoms with Crippen molar-refractivity contribution in [3.05, 3.63) is 28.7 Å². The zero-order valence-electron chi connectivity index (χ0n) is 14.6. The molecule has 0 spiro atoms. The van der Waals surface area contributed by atoms with Crippen LogP contribution >= 0.6 is 0 Å². The molecule has 1 fully saturated rings. The van der Waals surface area contributed by atoms with Crippen molar-refractivity contribution in [2.24, 2.45) is 11.8 Å². The van der Waals surface area contributed by atoms with Gasteiger partial charge in [-0.25, -0.2) is 9.89 Å². The Bertz CT molecular complexity index is 792. The van der Waals surface area contributed by atoms with Gasteiger partial charge >= 0.3 is 12.4 Å². The molecule has 1 aliphatic heterocycles. The monoisotopic (exact) mass is 368 g/mol. The molecule has 1 aliphatic rings. The lowest BCUT2D eigenvalue weighted by Gasteiger charge is -2.35. The Labute approximate surface area is 149 Å². The van der Waals surface area contributed by atoms with E-state index in [1.54, 1.807) is 6.07 Å². The largest absolute Gasteiger partial charge is 0.434 e. The molecule has 9 heteroatoms.